The molecule has 4 heteroatoms. The second-order valence-electron chi connectivity index (χ2n) is 5.55. The Labute approximate surface area is 113 Å². The Balaban J connectivity index is 1.64. The number of hydrogen-bond donors (Lipinski definition) is 2. The van der Waals surface area contributed by atoms with Gasteiger partial charge in [-0.15, -0.1) is 0 Å². The van der Waals surface area contributed by atoms with Crippen molar-refractivity contribution < 1.29 is 9.53 Å². The van der Waals surface area contributed by atoms with Gasteiger partial charge in [0.15, 0.2) is 0 Å². The van der Waals surface area contributed by atoms with Gasteiger partial charge in [0.05, 0.1) is 12.1 Å². The van der Waals surface area contributed by atoms with Gasteiger partial charge < -0.3 is 15.4 Å². The van der Waals surface area contributed by atoms with Gasteiger partial charge in [0.2, 0.25) is 5.91 Å². The molecular weight excluding hydrogens is 240 g/mol. The van der Waals surface area contributed by atoms with Gasteiger partial charge in [-0.05, 0) is 31.4 Å². The van der Waals surface area contributed by atoms with Crippen molar-refractivity contribution in [3.63, 3.8) is 0 Å². The smallest absolute Gasteiger partial charge is 0.237 e. The first-order valence-electron chi connectivity index (χ1n) is 6.99. The molecule has 19 heavy (non-hydrogen) atoms. The third-order valence-corrected chi connectivity index (χ3v) is 4.00. The van der Waals surface area contributed by atoms with E-state index in [2.05, 4.69) is 17.6 Å². The number of para-hydroxylation sites is 1. The molecule has 1 aromatic rings. The molecule has 1 amide bonds. The van der Waals surface area contributed by atoms with Crippen LogP contribution in [0.5, 0.6) is 5.75 Å². The zero-order chi connectivity index (χ0) is 13.2. The highest BCUT2D eigenvalue weighted by Crippen LogP contribution is 2.31. The Morgan fingerprint density at radius 1 is 1.42 bits per heavy atom. The van der Waals surface area contributed by atoms with E-state index in [4.69, 9.17) is 4.74 Å². The Bertz CT molecular complexity index is 475. The Morgan fingerprint density at radius 3 is 3.11 bits per heavy atom. The summed E-state index contributed by atoms with van der Waals surface area (Å²) in [6.45, 7) is 3.67. The number of benzene rings is 1. The summed E-state index contributed by atoms with van der Waals surface area (Å²) in [7, 11) is 0. The van der Waals surface area contributed by atoms with Crippen LogP contribution in [0.25, 0.3) is 0 Å². The zero-order valence-electron chi connectivity index (χ0n) is 11.2. The lowest BCUT2D eigenvalue weighted by molar-refractivity contribution is -0.124. The number of nitrogens with one attached hydrogen (secondary N) is 2. The van der Waals surface area contributed by atoms with Crippen molar-refractivity contribution in [1.29, 1.82) is 0 Å². The molecule has 0 radical (unpaired) electrons. The van der Waals surface area contributed by atoms with Gasteiger partial charge >= 0.3 is 0 Å². The molecule has 1 aromatic carbocycles. The van der Waals surface area contributed by atoms with Crippen LogP contribution in [0.4, 0.5) is 0 Å². The molecule has 0 aliphatic carbocycles. The fourth-order valence-electron chi connectivity index (χ4n) is 2.86. The molecule has 3 atom stereocenters. The van der Waals surface area contributed by atoms with Gasteiger partial charge in [-0.1, -0.05) is 25.1 Å². The number of carbonyl (C=O) groups excluding carboxylic acids is 1. The van der Waals surface area contributed by atoms with E-state index >= 15 is 0 Å². The minimum absolute atomic E-state index is 0.0114. The van der Waals surface area contributed by atoms with E-state index in [1.807, 2.05) is 24.3 Å². The van der Waals surface area contributed by atoms with Crippen molar-refractivity contribution in [2.45, 2.75) is 31.8 Å². The van der Waals surface area contributed by atoms with E-state index in [-0.39, 0.29) is 18.0 Å². The van der Waals surface area contributed by atoms with Gasteiger partial charge in [-0.3, -0.25) is 4.79 Å². The van der Waals surface area contributed by atoms with Gasteiger partial charge in [0.1, 0.15) is 12.4 Å². The average Bonchev–Trinajstić information content (AvgIpc) is 2.82. The third kappa shape index (κ3) is 2.59. The molecule has 2 aliphatic rings. The number of amides is 1. The highest BCUT2D eigenvalue weighted by Gasteiger charge is 2.30. The standard InChI is InChI=1S/C15H20N2O2/c1-10-6-7-16-12(8-10)15(18)17-13-9-19-14-5-3-2-4-11(13)14/h2-5,10,12-13,16H,6-9H2,1H3,(H,17,18)/t10-,12-,13+/m1/s1. The van der Waals surface area contributed by atoms with Crippen molar-refractivity contribution in [3.05, 3.63) is 29.8 Å². The van der Waals surface area contributed by atoms with E-state index < -0.39 is 0 Å². The first-order valence-corrected chi connectivity index (χ1v) is 6.99. The molecule has 102 valence electrons. The molecule has 2 N–H and O–H groups in total. The number of rotatable bonds is 2. The predicted molar refractivity (Wildman–Crippen MR) is 73.0 cm³/mol. The fourth-order valence-corrected chi connectivity index (χ4v) is 2.86. The molecule has 0 bridgehead atoms. The maximum Gasteiger partial charge on any atom is 0.237 e. The maximum atomic E-state index is 12.3. The van der Waals surface area contributed by atoms with E-state index in [1.165, 1.54) is 0 Å². The molecule has 0 spiro atoms. The fraction of sp³-hybridized carbons (Fsp3) is 0.533. The van der Waals surface area contributed by atoms with Crippen LogP contribution in [0, 0.1) is 5.92 Å². The van der Waals surface area contributed by atoms with Gasteiger partial charge in [0, 0.05) is 5.56 Å². The second-order valence-corrected chi connectivity index (χ2v) is 5.55. The van der Waals surface area contributed by atoms with E-state index in [0.717, 1.165) is 30.7 Å². The molecule has 4 nitrogen and oxygen atoms in total. The van der Waals surface area contributed by atoms with Gasteiger partial charge in [0.25, 0.3) is 0 Å². The van der Waals surface area contributed by atoms with Crippen LogP contribution in [0.3, 0.4) is 0 Å². The summed E-state index contributed by atoms with van der Waals surface area (Å²) < 4.78 is 5.59. The number of ether oxygens (including phenoxy) is 1. The lowest BCUT2D eigenvalue weighted by Gasteiger charge is -2.28. The monoisotopic (exact) mass is 260 g/mol. The number of hydrogen-bond acceptors (Lipinski definition) is 3. The summed E-state index contributed by atoms with van der Waals surface area (Å²) in [4.78, 5) is 12.3. The van der Waals surface area contributed by atoms with Crippen molar-refractivity contribution in [2.24, 2.45) is 5.92 Å². The van der Waals surface area contributed by atoms with Crippen molar-refractivity contribution in [1.82, 2.24) is 10.6 Å². The number of carbonyl (C=O) groups is 1. The normalized spacial score (nSPS) is 29.4. The van der Waals surface area contributed by atoms with E-state index in [0.29, 0.717) is 12.5 Å². The van der Waals surface area contributed by atoms with Crippen LogP contribution >= 0.6 is 0 Å². The Morgan fingerprint density at radius 2 is 2.26 bits per heavy atom. The second kappa shape index (κ2) is 5.21. The summed E-state index contributed by atoms with van der Waals surface area (Å²) in [5, 5.41) is 6.39. The zero-order valence-corrected chi connectivity index (χ0v) is 11.2. The average molecular weight is 260 g/mol. The third-order valence-electron chi connectivity index (χ3n) is 4.00. The van der Waals surface area contributed by atoms with Crippen LogP contribution in [0.15, 0.2) is 24.3 Å². The van der Waals surface area contributed by atoms with Crippen LogP contribution < -0.4 is 15.4 Å². The quantitative estimate of drug-likeness (QED) is 0.849. The van der Waals surface area contributed by atoms with Gasteiger partial charge in [-0.2, -0.15) is 0 Å². The summed E-state index contributed by atoms with van der Waals surface area (Å²) >= 11 is 0. The Kier molecular flexibility index (Phi) is 3.42. The minimum Gasteiger partial charge on any atom is -0.491 e. The predicted octanol–water partition coefficient (Wildman–Crippen LogP) is 1.62. The van der Waals surface area contributed by atoms with Crippen LogP contribution in [0.1, 0.15) is 31.4 Å². The molecule has 2 heterocycles. The van der Waals surface area contributed by atoms with E-state index in [1.54, 1.807) is 0 Å². The molecule has 0 aromatic heterocycles. The molecule has 0 unspecified atom stereocenters. The van der Waals surface area contributed by atoms with Crippen molar-refractivity contribution >= 4 is 5.91 Å². The highest BCUT2D eigenvalue weighted by molar-refractivity contribution is 5.82. The molecule has 2 aliphatic heterocycles. The maximum absolute atomic E-state index is 12.3. The van der Waals surface area contributed by atoms with Crippen LogP contribution in [0.2, 0.25) is 0 Å². The summed E-state index contributed by atoms with van der Waals surface area (Å²) in [5.74, 6) is 1.60. The number of piperidine rings is 1. The first kappa shape index (κ1) is 12.5. The van der Waals surface area contributed by atoms with E-state index in [9.17, 15) is 4.79 Å². The highest BCUT2D eigenvalue weighted by atomic mass is 16.5. The van der Waals surface area contributed by atoms with Crippen LogP contribution in [-0.2, 0) is 4.79 Å². The van der Waals surface area contributed by atoms with Crippen LogP contribution in [-0.4, -0.2) is 25.1 Å². The largest absolute Gasteiger partial charge is 0.491 e. The topological polar surface area (TPSA) is 50.4 Å². The SMILES string of the molecule is C[C@@H]1CCN[C@@H](C(=O)N[C@H]2COc3ccccc32)C1. The Hall–Kier alpha value is -1.55. The first-order chi connectivity index (χ1) is 9.24. The lowest BCUT2D eigenvalue weighted by Crippen LogP contribution is -2.49. The van der Waals surface area contributed by atoms with Crippen molar-refractivity contribution in [3.8, 4) is 5.75 Å². The molecule has 1 saturated heterocycles. The molecule has 1 fully saturated rings. The summed E-state index contributed by atoms with van der Waals surface area (Å²) in [6, 6.07) is 7.83. The number of fused-ring (bicyclic) bond motifs is 1. The molecule has 0 saturated carbocycles. The summed E-state index contributed by atoms with van der Waals surface area (Å²) in [5.41, 5.74) is 1.08. The lowest BCUT2D eigenvalue weighted by atomic mass is 9.93. The molecule has 3 rings (SSSR count). The van der Waals surface area contributed by atoms with Crippen molar-refractivity contribution in [2.75, 3.05) is 13.2 Å². The van der Waals surface area contributed by atoms with Gasteiger partial charge in [-0.25, -0.2) is 0 Å². The molecular formula is C15H20N2O2. The minimum atomic E-state index is -0.0588. The summed E-state index contributed by atoms with van der Waals surface area (Å²) in [6.07, 6.45) is 2.07.